The van der Waals surface area contributed by atoms with E-state index in [0.717, 1.165) is 0 Å². The van der Waals surface area contributed by atoms with Gasteiger partial charge >= 0.3 is 0 Å². The van der Waals surface area contributed by atoms with Crippen LogP contribution in [0.3, 0.4) is 0 Å². The molecule has 16 N–H and O–H groups in total. The zero-order valence-electron chi connectivity index (χ0n) is 24.1. The van der Waals surface area contributed by atoms with E-state index in [1.165, 1.54) is 0 Å². The molecule has 0 radical (unpaired) electrons. The van der Waals surface area contributed by atoms with Gasteiger partial charge in [0.25, 0.3) is 0 Å². The second-order valence-electron chi connectivity index (χ2n) is 11.8. The van der Waals surface area contributed by atoms with Crippen molar-refractivity contribution in [1.29, 1.82) is 0 Å². The molecule has 0 spiro atoms. The van der Waals surface area contributed by atoms with E-state index in [1.54, 1.807) is 14.0 Å². The van der Waals surface area contributed by atoms with Crippen LogP contribution >= 0.6 is 0 Å². The molecule has 41 heavy (non-hydrogen) atoms. The molecule has 1 saturated carbocycles. The number of nitrogens with one attached hydrogen (secondary N) is 3. The van der Waals surface area contributed by atoms with Crippen LogP contribution in [0.4, 0.5) is 0 Å². The van der Waals surface area contributed by atoms with Gasteiger partial charge in [0.05, 0.1) is 38.0 Å². The van der Waals surface area contributed by atoms with Crippen LogP contribution in [0.25, 0.3) is 0 Å². The second-order valence-corrected chi connectivity index (χ2v) is 11.8. The van der Waals surface area contributed by atoms with E-state index in [1.807, 2.05) is 6.08 Å². The third kappa shape index (κ3) is 8.77. The summed E-state index contributed by atoms with van der Waals surface area (Å²) in [6.45, 7) is 2.59. The fraction of sp³-hybridized carbons (Fsp3) is 0.923. The van der Waals surface area contributed by atoms with Crippen molar-refractivity contribution in [3.05, 3.63) is 11.8 Å². The van der Waals surface area contributed by atoms with Gasteiger partial charge < -0.3 is 78.6 Å². The summed E-state index contributed by atoms with van der Waals surface area (Å²) in [5.74, 6) is 0.00310. The Kier molecular flexibility index (Phi) is 13.1. The zero-order chi connectivity index (χ0) is 30.3. The molecular formula is C26H53N7O8. The molecule has 0 aromatic carbocycles. The van der Waals surface area contributed by atoms with Crippen molar-refractivity contribution in [2.75, 3.05) is 46.4 Å². The SMILES string of the molecule is CN[C@@H]1[C@@H](O)[C@@H](O[C@H]2[C@H](NCC(O)CCN)C[C@H](N)C([C@H]3OC(CNCC(N)CO)=CC[C@H]3N)[C@@H]2O)OC[C@]1(C)O. The largest absolute Gasteiger partial charge is 0.492 e. The van der Waals surface area contributed by atoms with Crippen molar-refractivity contribution >= 4 is 0 Å². The predicted molar refractivity (Wildman–Crippen MR) is 151 cm³/mol. The highest BCUT2D eigenvalue weighted by atomic mass is 16.7. The van der Waals surface area contributed by atoms with E-state index in [-0.39, 0.29) is 19.8 Å². The lowest BCUT2D eigenvalue weighted by Crippen LogP contribution is -2.69. The molecule has 1 saturated heterocycles. The first kappa shape index (κ1) is 34.5. The minimum atomic E-state index is -1.34. The number of hydrogen-bond acceptors (Lipinski definition) is 15. The summed E-state index contributed by atoms with van der Waals surface area (Å²) in [6.07, 6.45) is -2.71. The Morgan fingerprint density at radius 3 is 2.59 bits per heavy atom. The van der Waals surface area contributed by atoms with Crippen molar-refractivity contribution in [1.82, 2.24) is 16.0 Å². The summed E-state index contributed by atoms with van der Waals surface area (Å²) < 4.78 is 18.2. The molecule has 0 amide bonds. The number of aliphatic hydroxyl groups excluding tert-OH is 4. The van der Waals surface area contributed by atoms with Crippen LogP contribution in [-0.2, 0) is 14.2 Å². The van der Waals surface area contributed by atoms with Gasteiger partial charge in [-0.15, -0.1) is 0 Å². The molecular weight excluding hydrogens is 538 g/mol. The van der Waals surface area contributed by atoms with Crippen molar-refractivity contribution in [2.24, 2.45) is 28.9 Å². The molecule has 3 rings (SSSR count). The van der Waals surface area contributed by atoms with E-state index in [4.69, 9.17) is 42.3 Å². The molecule has 2 fully saturated rings. The van der Waals surface area contributed by atoms with Crippen LogP contribution < -0.4 is 38.9 Å². The standard InChI is InChI=1S/C26H53N7O8/c1-26(38)12-39-25(21(37)24(26)31-2)41-23-18(33-9-14(35)5-6-27)7-17(30)19(20(23)36)22-16(29)4-3-15(40-22)10-32-8-13(28)11-34/h3,13-14,16-25,31-38H,4-12,27-30H2,1-2H3/t13?,14?,16-,17+,18-,19?,20+,21-,22+,23+,24-,25-,26+/m1/s1. The first-order chi connectivity index (χ1) is 19.4. The number of aliphatic hydroxyl groups is 5. The zero-order valence-corrected chi connectivity index (χ0v) is 24.1. The molecule has 15 nitrogen and oxygen atoms in total. The summed E-state index contributed by atoms with van der Waals surface area (Å²) in [6, 6.07) is -2.64. The third-order valence-corrected chi connectivity index (χ3v) is 8.34. The van der Waals surface area contributed by atoms with Crippen molar-refractivity contribution < 1.29 is 39.7 Å². The number of hydrogen-bond donors (Lipinski definition) is 12. The van der Waals surface area contributed by atoms with E-state index < -0.39 is 78.5 Å². The van der Waals surface area contributed by atoms with Gasteiger partial charge in [-0.3, -0.25) is 0 Å². The Morgan fingerprint density at radius 2 is 1.93 bits per heavy atom. The average molecular weight is 592 g/mol. The lowest BCUT2D eigenvalue weighted by atomic mass is 9.72. The fourth-order valence-corrected chi connectivity index (χ4v) is 6.05. The molecule has 13 atom stereocenters. The summed E-state index contributed by atoms with van der Waals surface area (Å²) in [5, 5.41) is 62.2. The first-order valence-electron chi connectivity index (χ1n) is 14.5. The predicted octanol–water partition coefficient (Wildman–Crippen LogP) is -5.29. The summed E-state index contributed by atoms with van der Waals surface area (Å²) in [5.41, 5.74) is 23.1. The number of rotatable bonds is 14. The molecule has 3 aliphatic rings. The van der Waals surface area contributed by atoms with E-state index in [2.05, 4.69) is 16.0 Å². The maximum atomic E-state index is 11.8. The molecule has 1 aliphatic carbocycles. The highest BCUT2D eigenvalue weighted by Crippen LogP contribution is 2.36. The Balaban J connectivity index is 1.78. The van der Waals surface area contributed by atoms with Gasteiger partial charge in [0.1, 0.15) is 29.7 Å². The van der Waals surface area contributed by atoms with Crippen LogP contribution in [0.2, 0.25) is 0 Å². The van der Waals surface area contributed by atoms with Crippen LogP contribution in [-0.4, -0.2) is 145 Å². The Morgan fingerprint density at radius 1 is 1.20 bits per heavy atom. The Labute approximate surface area is 241 Å². The number of likely N-dealkylation sites (N-methyl/N-ethyl adjacent to an activating group) is 1. The van der Waals surface area contributed by atoms with Crippen LogP contribution in [0.15, 0.2) is 11.8 Å². The monoisotopic (exact) mass is 591 g/mol. The third-order valence-electron chi connectivity index (χ3n) is 8.34. The van der Waals surface area contributed by atoms with Gasteiger partial charge in [-0.25, -0.2) is 0 Å². The highest BCUT2D eigenvalue weighted by Gasteiger charge is 2.53. The van der Waals surface area contributed by atoms with Gasteiger partial charge in [-0.05, 0) is 45.9 Å². The molecule has 0 aromatic rings. The van der Waals surface area contributed by atoms with E-state index >= 15 is 0 Å². The first-order valence-corrected chi connectivity index (χ1v) is 14.5. The van der Waals surface area contributed by atoms with Gasteiger partial charge in [0, 0.05) is 43.2 Å². The molecule has 0 aromatic heterocycles. The minimum absolute atomic E-state index is 0.100. The van der Waals surface area contributed by atoms with Crippen molar-refractivity contribution in [3.63, 3.8) is 0 Å². The normalized spacial score (nSPS) is 41.4. The topological polar surface area (TPSA) is 269 Å². The Hall–Kier alpha value is -1.02. The fourth-order valence-electron chi connectivity index (χ4n) is 6.05. The van der Waals surface area contributed by atoms with Crippen molar-refractivity contribution in [3.8, 4) is 0 Å². The van der Waals surface area contributed by atoms with Crippen molar-refractivity contribution in [2.45, 2.75) is 98.8 Å². The number of nitrogens with two attached hydrogens (primary N) is 4. The summed E-state index contributed by atoms with van der Waals surface area (Å²) >= 11 is 0. The lowest BCUT2D eigenvalue weighted by molar-refractivity contribution is -0.298. The lowest BCUT2D eigenvalue weighted by Gasteiger charge is -2.50. The molecule has 0 bridgehead atoms. The molecule has 15 heteroatoms. The summed E-state index contributed by atoms with van der Waals surface area (Å²) in [7, 11) is 1.62. The highest BCUT2D eigenvalue weighted by molar-refractivity contribution is 5.10. The molecule has 240 valence electrons. The number of ether oxygens (including phenoxy) is 3. The second kappa shape index (κ2) is 15.6. The van der Waals surface area contributed by atoms with Crippen LogP contribution in [0.5, 0.6) is 0 Å². The minimum Gasteiger partial charge on any atom is -0.492 e. The maximum Gasteiger partial charge on any atom is 0.185 e. The molecule has 2 aliphatic heterocycles. The molecule has 2 heterocycles. The Bertz CT molecular complexity index is 827. The van der Waals surface area contributed by atoms with E-state index in [0.29, 0.717) is 44.7 Å². The van der Waals surface area contributed by atoms with Gasteiger partial charge in [0.15, 0.2) is 6.29 Å². The van der Waals surface area contributed by atoms with Crippen LogP contribution in [0.1, 0.15) is 26.2 Å². The summed E-state index contributed by atoms with van der Waals surface area (Å²) in [4.78, 5) is 0. The maximum absolute atomic E-state index is 11.8. The van der Waals surface area contributed by atoms with Crippen LogP contribution in [0, 0.1) is 5.92 Å². The smallest absolute Gasteiger partial charge is 0.185 e. The van der Waals surface area contributed by atoms with Gasteiger partial charge in [-0.1, -0.05) is 0 Å². The average Bonchev–Trinajstić information content (AvgIpc) is 2.92. The quantitative estimate of drug-likeness (QED) is 0.0899. The van der Waals surface area contributed by atoms with E-state index in [9.17, 15) is 20.4 Å². The molecule has 3 unspecified atom stereocenters. The van der Waals surface area contributed by atoms with Gasteiger partial charge in [-0.2, -0.15) is 0 Å². The van der Waals surface area contributed by atoms with Gasteiger partial charge in [0.2, 0.25) is 0 Å².